The number of epoxide rings is 1. The van der Waals surface area contributed by atoms with E-state index in [9.17, 15) is 0 Å². The lowest BCUT2D eigenvalue weighted by molar-refractivity contribution is 0.258. The molecule has 1 aliphatic carbocycles. The molecule has 0 unspecified atom stereocenters. The van der Waals surface area contributed by atoms with E-state index in [1.807, 2.05) is 0 Å². The minimum atomic E-state index is 0.112. The molecule has 1 aliphatic heterocycles. The van der Waals surface area contributed by atoms with Gasteiger partial charge in [0.2, 0.25) is 0 Å². The molecule has 3 rings (SSSR count). The van der Waals surface area contributed by atoms with Crippen LogP contribution in [0.3, 0.4) is 0 Å². The molecule has 0 saturated carbocycles. The first-order valence-corrected chi connectivity index (χ1v) is 5.40. The smallest absolute Gasteiger partial charge is 0.102 e. The molecule has 2 aliphatic rings. The van der Waals surface area contributed by atoms with Gasteiger partial charge in [0, 0.05) is 6.42 Å². The van der Waals surface area contributed by atoms with Gasteiger partial charge in [-0.25, -0.2) is 0 Å². The van der Waals surface area contributed by atoms with Gasteiger partial charge in [0.1, 0.15) is 5.60 Å². The highest BCUT2D eigenvalue weighted by Crippen LogP contribution is 2.54. The van der Waals surface area contributed by atoms with Crippen LogP contribution >= 0.6 is 0 Å². The summed E-state index contributed by atoms with van der Waals surface area (Å²) < 4.78 is 5.89. The van der Waals surface area contributed by atoms with Gasteiger partial charge in [0.05, 0.1) is 5.60 Å². The average Bonchev–Trinajstić information content (AvgIpc) is 2.67. The first-order valence-electron chi connectivity index (χ1n) is 5.40. The van der Waals surface area contributed by atoms with Crippen molar-refractivity contribution in [2.24, 2.45) is 0 Å². The van der Waals surface area contributed by atoms with Gasteiger partial charge in [-0.2, -0.15) is 0 Å². The largest absolute Gasteiger partial charge is 0.363 e. The molecule has 1 saturated heterocycles. The lowest BCUT2D eigenvalue weighted by Crippen LogP contribution is -2.28. The maximum absolute atomic E-state index is 5.89. The minimum Gasteiger partial charge on any atom is -0.363 e. The van der Waals surface area contributed by atoms with Crippen LogP contribution < -0.4 is 0 Å². The van der Waals surface area contributed by atoms with E-state index in [-0.39, 0.29) is 11.2 Å². The molecule has 1 fully saturated rings. The summed E-state index contributed by atoms with van der Waals surface area (Å²) in [7, 11) is 0. The van der Waals surface area contributed by atoms with Crippen LogP contribution in [0.25, 0.3) is 0 Å². The van der Waals surface area contributed by atoms with Crippen molar-refractivity contribution in [3.8, 4) is 0 Å². The van der Waals surface area contributed by atoms with Crippen molar-refractivity contribution in [3.63, 3.8) is 0 Å². The summed E-state index contributed by atoms with van der Waals surface area (Å²) in [6.45, 7) is 4.42. The molecular formula is C13H16O. The second-order valence-corrected chi connectivity index (χ2v) is 5.05. The van der Waals surface area contributed by atoms with Gasteiger partial charge in [-0.15, -0.1) is 0 Å². The van der Waals surface area contributed by atoms with Crippen molar-refractivity contribution in [3.05, 3.63) is 35.4 Å². The normalized spacial score (nSPS) is 32.7. The van der Waals surface area contributed by atoms with E-state index in [0.717, 1.165) is 6.42 Å². The molecule has 0 amide bonds. The molecular weight excluding hydrogens is 172 g/mol. The topological polar surface area (TPSA) is 12.5 Å². The highest BCUT2D eigenvalue weighted by molar-refractivity contribution is 5.35. The van der Waals surface area contributed by atoms with Gasteiger partial charge in [-0.3, -0.25) is 0 Å². The standard InChI is InChI=1S/C13H16O/c1-12(2)13(14-12)8-7-10-5-3-4-6-11(10)9-13/h3-6H,7-9H2,1-2H3/t13-/m0/s1. The van der Waals surface area contributed by atoms with Crippen LogP contribution in [0, 0.1) is 0 Å². The minimum absolute atomic E-state index is 0.112. The molecule has 14 heavy (non-hydrogen) atoms. The van der Waals surface area contributed by atoms with E-state index in [0.29, 0.717) is 0 Å². The number of aryl methyl sites for hydroxylation is 1. The van der Waals surface area contributed by atoms with Crippen molar-refractivity contribution in [2.75, 3.05) is 0 Å². The van der Waals surface area contributed by atoms with Gasteiger partial charge in [0.25, 0.3) is 0 Å². The van der Waals surface area contributed by atoms with Crippen LogP contribution in [0.5, 0.6) is 0 Å². The Balaban J connectivity index is 1.96. The van der Waals surface area contributed by atoms with E-state index in [1.165, 1.54) is 24.0 Å². The Morgan fingerprint density at radius 1 is 1.14 bits per heavy atom. The lowest BCUT2D eigenvalue weighted by atomic mass is 9.78. The van der Waals surface area contributed by atoms with Gasteiger partial charge in [-0.05, 0) is 37.8 Å². The molecule has 0 N–H and O–H groups in total. The molecule has 1 heteroatoms. The van der Waals surface area contributed by atoms with E-state index in [1.54, 1.807) is 0 Å². The Morgan fingerprint density at radius 3 is 2.43 bits per heavy atom. The summed E-state index contributed by atoms with van der Waals surface area (Å²) in [5, 5.41) is 0. The summed E-state index contributed by atoms with van der Waals surface area (Å²) in [4.78, 5) is 0. The fraction of sp³-hybridized carbons (Fsp3) is 0.538. The first kappa shape index (κ1) is 8.49. The monoisotopic (exact) mass is 188 g/mol. The maximum atomic E-state index is 5.89. The second kappa shape index (κ2) is 2.40. The second-order valence-electron chi connectivity index (χ2n) is 5.05. The first-order chi connectivity index (χ1) is 6.63. The molecule has 0 bridgehead atoms. The third-order valence-electron chi connectivity index (χ3n) is 3.90. The van der Waals surface area contributed by atoms with E-state index in [2.05, 4.69) is 38.1 Å². The van der Waals surface area contributed by atoms with Crippen molar-refractivity contribution >= 4 is 0 Å². The summed E-state index contributed by atoms with van der Waals surface area (Å²) in [6.07, 6.45) is 3.48. The van der Waals surface area contributed by atoms with E-state index in [4.69, 9.17) is 4.74 Å². The number of rotatable bonds is 0. The molecule has 1 nitrogen and oxygen atoms in total. The SMILES string of the molecule is CC1(C)O[C@]12CCc1ccccc1C2. The number of hydrogen-bond donors (Lipinski definition) is 0. The maximum Gasteiger partial charge on any atom is 0.102 e. The molecule has 1 aromatic rings. The molecule has 0 radical (unpaired) electrons. The molecule has 1 spiro atoms. The van der Waals surface area contributed by atoms with Crippen LogP contribution in [0.2, 0.25) is 0 Å². The van der Waals surface area contributed by atoms with Crippen molar-refractivity contribution in [1.82, 2.24) is 0 Å². The van der Waals surface area contributed by atoms with Gasteiger partial charge in [0.15, 0.2) is 0 Å². The molecule has 1 atom stereocenters. The summed E-state index contributed by atoms with van der Waals surface area (Å²) >= 11 is 0. The quantitative estimate of drug-likeness (QED) is 0.570. The Hall–Kier alpha value is -0.820. The Bertz CT molecular complexity index is 381. The number of hydrogen-bond acceptors (Lipinski definition) is 1. The number of benzene rings is 1. The zero-order valence-corrected chi connectivity index (χ0v) is 8.84. The Morgan fingerprint density at radius 2 is 1.79 bits per heavy atom. The zero-order chi connectivity index (χ0) is 9.81. The molecule has 1 heterocycles. The molecule has 1 aromatic carbocycles. The molecule has 0 aromatic heterocycles. The fourth-order valence-electron chi connectivity index (χ4n) is 2.77. The highest BCUT2D eigenvalue weighted by atomic mass is 16.6. The molecule has 74 valence electrons. The Labute approximate surface area is 85.1 Å². The number of ether oxygens (including phenoxy) is 1. The fourth-order valence-corrected chi connectivity index (χ4v) is 2.77. The third-order valence-corrected chi connectivity index (χ3v) is 3.90. The zero-order valence-electron chi connectivity index (χ0n) is 8.84. The van der Waals surface area contributed by atoms with Crippen LogP contribution in [0.15, 0.2) is 24.3 Å². The van der Waals surface area contributed by atoms with Crippen LogP contribution in [0.4, 0.5) is 0 Å². The third kappa shape index (κ3) is 0.992. The van der Waals surface area contributed by atoms with Crippen molar-refractivity contribution in [2.45, 2.75) is 44.3 Å². The Kier molecular flexibility index (Phi) is 1.46. The van der Waals surface area contributed by atoms with Crippen LogP contribution in [-0.2, 0) is 17.6 Å². The summed E-state index contributed by atoms with van der Waals surface area (Å²) in [6, 6.07) is 8.76. The predicted octanol–water partition coefficient (Wildman–Crippen LogP) is 2.72. The predicted molar refractivity (Wildman–Crippen MR) is 56.4 cm³/mol. The van der Waals surface area contributed by atoms with Gasteiger partial charge in [-0.1, -0.05) is 24.3 Å². The number of fused-ring (bicyclic) bond motifs is 1. The van der Waals surface area contributed by atoms with Crippen molar-refractivity contribution < 1.29 is 4.74 Å². The van der Waals surface area contributed by atoms with Crippen LogP contribution in [-0.4, -0.2) is 11.2 Å². The summed E-state index contributed by atoms with van der Waals surface area (Å²) in [5.41, 5.74) is 3.29. The van der Waals surface area contributed by atoms with E-state index >= 15 is 0 Å². The van der Waals surface area contributed by atoms with Gasteiger partial charge >= 0.3 is 0 Å². The van der Waals surface area contributed by atoms with E-state index < -0.39 is 0 Å². The lowest BCUT2D eigenvalue weighted by Gasteiger charge is -2.23. The average molecular weight is 188 g/mol. The summed E-state index contributed by atoms with van der Waals surface area (Å²) in [5.74, 6) is 0. The van der Waals surface area contributed by atoms with Gasteiger partial charge < -0.3 is 4.74 Å². The van der Waals surface area contributed by atoms with Crippen molar-refractivity contribution in [1.29, 1.82) is 0 Å². The van der Waals surface area contributed by atoms with Crippen LogP contribution in [0.1, 0.15) is 31.4 Å². The highest BCUT2D eigenvalue weighted by Gasteiger charge is 2.63.